The lowest BCUT2D eigenvalue weighted by Crippen LogP contribution is -1.97. The molecule has 0 atom stereocenters. The first kappa shape index (κ1) is 11.6. The van der Waals surface area contributed by atoms with Crippen LogP contribution < -0.4 is 0 Å². The highest BCUT2D eigenvalue weighted by molar-refractivity contribution is 14.1. The second-order valence-corrected chi connectivity index (χ2v) is 4.82. The molecule has 82 valence electrons. The van der Waals surface area contributed by atoms with Crippen LogP contribution in [0.1, 0.15) is 31.0 Å². The lowest BCUT2D eigenvalue weighted by molar-refractivity contribution is 0.827. The average Bonchev–Trinajstić information content (AvgIpc) is 2.28. The van der Waals surface area contributed by atoms with Crippen LogP contribution in [0.25, 0.3) is 17.0 Å². The van der Waals surface area contributed by atoms with Gasteiger partial charge in [0.2, 0.25) is 0 Å². The number of aromatic nitrogens is 1. The van der Waals surface area contributed by atoms with E-state index in [1.807, 2.05) is 10.1 Å². The van der Waals surface area contributed by atoms with E-state index < -0.39 is 0 Å². The van der Waals surface area contributed by atoms with Gasteiger partial charge in [-0.05, 0) is 33.8 Å². The molecule has 16 heavy (non-hydrogen) atoms. The third-order valence-electron chi connectivity index (χ3n) is 2.57. The number of para-hydroxylation sites is 1. The lowest BCUT2D eigenvalue weighted by Gasteiger charge is -2.10. The van der Waals surface area contributed by atoms with Crippen molar-refractivity contribution in [2.75, 3.05) is 0 Å². The number of rotatable bonds is 2. The van der Waals surface area contributed by atoms with Gasteiger partial charge in [-0.3, -0.25) is 4.98 Å². The Kier molecular flexibility index (Phi) is 3.59. The molecule has 2 rings (SSSR count). The first-order chi connectivity index (χ1) is 7.72. The van der Waals surface area contributed by atoms with Crippen molar-refractivity contribution in [2.24, 2.45) is 0 Å². The maximum atomic E-state index is 4.74. The van der Waals surface area contributed by atoms with Crippen LogP contribution in [0, 0.1) is 0 Å². The minimum Gasteiger partial charge on any atom is -0.252 e. The number of hydrogen-bond acceptors (Lipinski definition) is 1. The SMILES string of the molecule is CC(C)c1nc2ccccc2cc1/C=C/I. The molecule has 1 heterocycles. The highest BCUT2D eigenvalue weighted by atomic mass is 127. The van der Waals surface area contributed by atoms with Gasteiger partial charge < -0.3 is 0 Å². The molecule has 0 N–H and O–H groups in total. The first-order valence-corrected chi connectivity index (χ1v) is 6.63. The predicted molar refractivity (Wildman–Crippen MR) is 78.9 cm³/mol. The van der Waals surface area contributed by atoms with E-state index in [0.717, 1.165) is 5.52 Å². The summed E-state index contributed by atoms with van der Waals surface area (Å²) in [6.45, 7) is 4.36. The largest absolute Gasteiger partial charge is 0.252 e. The van der Waals surface area contributed by atoms with Crippen molar-refractivity contribution in [3.8, 4) is 0 Å². The summed E-state index contributed by atoms with van der Waals surface area (Å²) in [5.41, 5.74) is 3.48. The Balaban J connectivity index is 2.70. The molecular weight excluding hydrogens is 309 g/mol. The van der Waals surface area contributed by atoms with Crippen molar-refractivity contribution in [1.29, 1.82) is 0 Å². The number of hydrogen-bond donors (Lipinski definition) is 0. The van der Waals surface area contributed by atoms with Gasteiger partial charge in [-0.1, -0.05) is 54.6 Å². The Hall–Kier alpha value is -0.900. The smallest absolute Gasteiger partial charge is 0.0705 e. The molecule has 0 saturated heterocycles. The van der Waals surface area contributed by atoms with Gasteiger partial charge in [0.1, 0.15) is 0 Å². The molecule has 0 unspecified atom stereocenters. The Morgan fingerprint density at radius 1 is 1.25 bits per heavy atom. The van der Waals surface area contributed by atoms with Crippen LogP contribution in [0.5, 0.6) is 0 Å². The average molecular weight is 323 g/mol. The molecule has 0 amide bonds. The highest BCUT2D eigenvalue weighted by Crippen LogP contribution is 2.23. The van der Waals surface area contributed by atoms with Gasteiger partial charge >= 0.3 is 0 Å². The zero-order chi connectivity index (χ0) is 11.5. The molecule has 0 saturated carbocycles. The van der Waals surface area contributed by atoms with Gasteiger partial charge in [0.05, 0.1) is 11.2 Å². The molecule has 1 aromatic carbocycles. The normalized spacial score (nSPS) is 11.8. The summed E-state index contributed by atoms with van der Waals surface area (Å²) >= 11 is 2.25. The molecule has 1 nitrogen and oxygen atoms in total. The fraction of sp³-hybridized carbons (Fsp3) is 0.214. The summed E-state index contributed by atoms with van der Waals surface area (Å²) in [4.78, 5) is 4.74. The quantitative estimate of drug-likeness (QED) is 0.726. The molecule has 1 aromatic heterocycles. The first-order valence-electron chi connectivity index (χ1n) is 5.39. The highest BCUT2D eigenvalue weighted by Gasteiger charge is 2.07. The third kappa shape index (κ3) is 2.26. The van der Waals surface area contributed by atoms with Crippen LogP contribution in [0.15, 0.2) is 34.4 Å². The van der Waals surface area contributed by atoms with Gasteiger partial charge in [-0.25, -0.2) is 0 Å². The maximum Gasteiger partial charge on any atom is 0.0705 e. The van der Waals surface area contributed by atoms with Gasteiger partial charge in [0.25, 0.3) is 0 Å². The molecule has 2 aromatic rings. The molecule has 0 aliphatic rings. The second-order valence-electron chi connectivity index (χ2n) is 4.10. The minimum absolute atomic E-state index is 0.451. The fourth-order valence-electron chi connectivity index (χ4n) is 1.81. The molecule has 0 spiro atoms. The zero-order valence-electron chi connectivity index (χ0n) is 9.44. The fourth-order valence-corrected chi connectivity index (χ4v) is 2.20. The summed E-state index contributed by atoms with van der Waals surface area (Å²) in [6.07, 6.45) is 2.12. The summed E-state index contributed by atoms with van der Waals surface area (Å²) in [6, 6.07) is 10.5. The second kappa shape index (κ2) is 4.95. The maximum absolute atomic E-state index is 4.74. The molecular formula is C14H14IN. The van der Waals surface area contributed by atoms with Crippen molar-refractivity contribution in [1.82, 2.24) is 4.98 Å². The van der Waals surface area contributed by atoms with Crippen LogP contribution in [-0.2, 0) is 0 Å². The van der Waals surface area contributed by atoms with Crippen molar-refractivity contribution >= 4 is 39.6 Å². The van der Waals surface area contributed by atoms with E-state index in [9.17, 15) is 0 Å². The Labute approximate surface area is 110 Å². The van der Waals surface area contributed by atoms with E-state index in [-0.39, 0.29) is 0 Å². The van der Waals surface area contributed by atoms with Crippen molar-refractivity contribution in [3.63, 3.8) is 0 Å². The van der Waals surface area contributed by atoms with E-state index >= 15 is 0 Å². The predicted octanol–water partition coefficient (Wildman–Crippen LogP) is 4.76. The van der Waals surface area contributed by atoms with Crippen LogP contribution in [-0.4, -0.2) is 4.98 Å². The van der Waals surface area contributed by atoms with E-state index in [0.29, 0.717) is 5.92 Å². The Bertz CT molecular complexity index is 529. The Morgan fingerprint density at radius 3 is 2.69 bits per heavy atom. The van der Waals surface area contributed by atoms with Crippen LogP contribution in [0.2, 0.25) is 0 Å². The zero-order valence-corrected chi connectivity index (χ0v) is 11.6. The number of benzene rings is 1. The minimum atomic E-state index is 0.451. The molecule has 0 bridgehead atoms. The molecule has 0 radical (unpaired) electrons. The Morgan fingerprint density at radius 2 is 2.00 bits per heavy atom. The molecule has 0 fully saturated rings. The van der Waals surface area contributed by atoms with Crippen molar-refractivity contribution in [3.05, 3.63) is 45.7 Å². The third-order valence-corrected chi connectivity index (χ3v) is 2.93. The summed E-state index contributed by atoms with van der Waals surface area (Å²) in [5, 5.41) is 1.20. The van der Waals surface area contributed by atoms with E-state index in [1.54, 1.807) is 0 Å². The van der Waals surface area contributed by atoms with E-state index in [2.05, 4.69) is 66.8 Å². The number of pyridine rings is 1. The van der Waals surface area contributed by atoms with Gasteiger partial charge in [-0.15, -0.1) is 0 Å². The van der Waals surface area contributed by atoms with Gasteiger partial charge in [-0.2, -0.15) is 0 Å². The summed E-state index contributed by atoms with van der Waals surface area (Å²) < 4.78 is 2.04. The van der Waals surface area contributed by atoms with Crippen molar-refractivity contribution < 1.29 is 0 Å². The van der Waals surface area contributed by atoms with Crippen molar-refractivity contribution in [2.45, 2.75) is 19.8 Å². The summed E-state index contributed by atoms with van der Waals surface area (Å²) in [5.74, 6) is 0.451. The molecule has 0 aliphatic carbocycles. The summed E-state index contributed by atoms with van der Waals surface area (Å²) in [7, 11) is 0. The van der Waals surface area contributed by atoms with E-state index in [1.165, 1.54) is 16.6 Å². The molecule has 0 aliphatic heterocycles. The number of halogens is 1. The topological polar surface area (TPSA) is 12.9 Å². The number of fused-ring (bicyclic) bond motifs is 1. The standard InChI is InChI=1S/C14H14IN/c1-10(2)14-12(7-8-15)9-11-5-3-4-6-13(11)16-14/h3-10H,1-2H3/b8-7+. The lowest BCUT2D eigenvalue weighted by atomic mass is 10.0. The monoisotopic (exact) mass is 323 g/mol. The molecule has 2 heteroatoms. The van der Waals surface area contributed by atoms with Gasteiger partial charge in [0.15, 0.2) is 0 Å². The van der Waals surface area contributed by atoms with Crippen LogP contribution in [0.3, 0.4) is 0 Å². The van der Waals surface area contributed by atoms with E-state index in [4.69, 9.17) is 4.98 Å². The van der Waals surface area contributed by atoms with Crippen LogP contribution >= 0.6 is 22.6 Å². The van der Waals surface area contributed by atoms with Crippen LogP contribution in [0.4, 0.5) is 0 Å². The number of nitrogens with zero attached hydrogens (tertiary/aromatic N) is 1. The van der Waals surface area contributed by atoms with Gasteiger partial charge in [0, 0.05) is 5.39 Å².